The second-order valence-electron chi connectivity index (χ2n) is 7.64. The van der Waals surface area contributed by atoms with Crippen LogP contribution in [-0.2, 0) is 0 Å². The molecule has 0 radical (unpaired) electrons. The van der Waals surface area contributed by atoms with Crippen LogP contribution in [0.5, 0.6) is 0 Å². The number of rotatable bonds is 4. The van der Waals surface area contributed by atoms with Crippen LogP contribution in [0.25, 0.3) is 5.65 Å². The summed E-state index contributed by atoms with van der Waals surface area (Å²) in [5, 5.41) is 0. The van der Waals surface area contributed by atoms with E-state index in [0.29, 0.717) is 18.8 Å². The van der Waals surface area contributed by atoms with Crippen molar-refractivity contribution in [2.24, 2.45) is 0 Å². The molecule has 5 rings (SSSR count). The van der Waals surface area contributed by atoms with Crippen LogP contribution in [0.2, 0.25) is 0 Å². The van der Waals surface area contributed by atoms with E-state index >= 15 is 0 Å². The minimum Gasteiger partial charge on any atom is -0.335 e. The first-order valence-electron chi connectivity index (χ1n) is 10.4. The summed E-state index contributed by atoms with van der Waals surface area (Å²) >= 11 is 0. The lowest BCUT2D eigenvalue weighted by atomic mass is 9.96. The molecule has 0 N–H and O–H groups in total. The van der Waals surface area contributed by atoms with Gasteiger partial charge in [0.2, 0.25) is 0 Å². The van der Waals surface area contributed by atoms with E-state index in [1.807, 2.05) is 39.9 Å². The van der Waals surface area contributed by atoms with E-state index in [0.717, 1.165) is 18.7 Å². The highest BCUT2D eigenvalue weighted by atomic mass is 16.2. The van der Waals surface area contributed by atoms with Crippen LogP contribution in [0.4, 0.5) is 0 Å². The molecule has 30 heavy (non-hydrogen) atoms. The molecule has 2 aromatic heterocycles. The summed E-state index contributed by atoms with van der Waals surface area (Å²) < 4.78 is 1.89. The Morgan fingerprint density at radius 2 is 1.37 bits per heavy atom. The summed E-state index contributed by atoms with van der Waals surface area (Å²) in [6.07, 6.45) is 3.74. The lowest BCUT2D eigenvalue weighted by Crippen LogP contribution is -2.50. The van der Waals surface area contributed by atoms with Gasteiger partial charge in [-0.1, -0.05) is 66.7 Å². The van der Waals surface area contributed by atoms with E-state index in [1.54, 1.807) is 0 Å². The molecule has 0 unspecified atom stereocenters. The van der Waals surface area contributed by atoms with Crippen LogP contribution in [0.1, 0.15) is 27.7 Å². The van der Waals surface area contributed by atoms with Gasteiger partial charge in [-0.15, -0.1) is 0 Å². The van der Waals surface area contributed by atoms with Crippen LogP contribution in [0.15, 0.2) is 91.3 Å². The first-order valence-corrected chi connectivity index (χ1v) is 10.4. The molecule has 1 amide bonds. The Bertz CT molecular complexity index is 1060. The maximum Gasteiger partial charge on any atom is 0.274 e. The molecule has 4 aromatic rings. The quantitative estimate of drug-likeness (QED) is 0.526. The lowest BCUT2D eigenvalue weighted by Gasteiger charge is -2.39. The number of imidazole rings is 1. The van der Waals surface area contributed by atoms with Gasteiger partial charge in [-0.2, -0.15) is 0 Å². The van der Waals surface area contributed by atoms with Gasteiger partial charge < -0.3 is 9.30 Å². The van der Waals surface area contributed by atoms with E-state index in [4.69, 9.17) is 0 Å². The largest absolute Gasteiger partial charge is 0.335 e. The number of carbonyl (C=O) groups excluding carboxylic acids is 1. The van der Waals surface area contributed by atoms with Gasteiger partial charge in [-0.3, -0.25) is 9.69 Å². The summed E-state index contributed by atoms with van der Waals surface area (Å²) in [6, 6.07) is 27.2. The van der Waals surface area contributed by atoms with Gasteiger partial charge in [-0.25, -0.2) is 4.98 Å². The third-order valence-corrected chi connectivity index (χ3v) is 5.78. The van der Waals surface area contributed by atoms with Crippen molar-refractivity contribution in [2.75, 3.05) is 26.2 Å². The number of pyridine rings is 1. The van der Waals surface area contributed by atoms with Gasteiger partial charge in [0.15, 0.2) is 0 Å². The lowest BCUT2D eigenvalue weighted by molar-refractivity contribution is 0.0592. The van der Waals surface area contributed by atoms with E-state index in [9.17, 15) is 4.79 Å². The Labute approximate surface area is 176 Å². The molecule has 1 aliphatic rings. The highest BCUT2D eigenvalue weighted by Crippen LogP contribution is 2.29. The highest BCUT2D eigenvalue weighted by molar-refractivity contribution is 5.93. The molecule has 0 atom stereocenters. The number of benzene rings is 2. The molecule has 150 valence electrons. The standard InChI is InChI=1S/C25H24N4O/c30-25(22-19-29-14-8-7-13-23(29)26-22)28-17-15-27(16-18-28)24(20-9-3-1-4-10-20)21-11-5-2-6-12-21/h1-14,19,24H,15-18H2. The van der Waals surface area contributed by atoms with E-state index in [2.05, 4.69) is 70.5 Å². The average Bonchev–Trinajstić information content (AvgIpc) is 3.25. The first-order chi connectivity index (χ1) is 14.8. The number of fused-ring (bicyclic) bond motifs is 1. The molecular formula is C25H24N4O. The summed E-state index contributed by atoms with van der Waals surface area (Å²) in [5.74, 6) is 0.00863. The predicted octanol–water partition coefficient (Wildman–Crippen LogP) is 3.88. The van der Waals surface area contributed by atoms with Gasteiger partial charge in [0.05, 0.1) is 6.04 Å². The van der Waals surface area contributed by atoms with Gasteiger partial charge >= 0.3 is 0 Å². The van der Waals surface area contributed by atoms with Crippen molar-refractivity contribution in [1.82, 2.24) is 19.2 Å². The Morgan fingerprint density at radius 3 is 1.97 bits per heavy atom. The molecule has 1 saturated heterocycles. The number of nitrogens with zero attached hydrogens (tertiary/aromatic N) is 4. The van der Waals surface area contributed by atoms with Crippen LogP contribution < -0.4 is 0 Å². The Balaban J connectivity index is 1.34. The summed E-state index contributed by atoms with van der Waals surface area (Å²) in [4.78, 5) is 21.9. The molecule has 5 nitrogen and oxygen atoms in total. The number of amides is 1. The zero-order valence-corrected chi connectivity index (χ0v) is 16.8. The molecule has 0 saturated carbocycles. The molecule has 1 fully saturated rings. The predicted molar refractivity (Wildman–Crippen MR) is 117 cm³/mol. The summed E-state index contributed by atoms with van der Waals surface area (Å²) in [7, 11) is 0. The third kappa shape index (κ3) is 3.60. The van der Waals surface area contributed by atoms with Crippen molar-refractivity contribution >= 4 is 11.6 Å². The van der Waals surface area contributed by atoms with Crippen molar-refractivity contribution in [3.63, 3.8) is 0 Å². The SMILES string of the molecule is O=C(c1cn2ccccc2n1)N1CCN(C(c2ccccc2)c2ccccc2)CC1. The van der Waals surface area contributed by atoms with Crippen LogP contribution in [-0.4, -0.2) is 51.3 Å². The van der Waals surface area contributed by atoms with Gasteiger partial charge in [-0.05, 0) is 23.3 Å². The monoisotopic (exact) mass is 396 g/mol. The highest BCUT2D eigenvalue weighted by Gasteiger charge is 2.29. The van der Waals surface area contributed by atoms with Crippen molar-refractivity contribution < 1.29 is 4.79 Å². The normalized spacial score (nSPS) is 15.0. The molecular weight excluding hydrogens is 372 g/mol. The zero-order valence-electron chi connectivity index (χ0n) is 16.8. The average molecular weight is 396 g/mol. The number of hydrogen-bond acceptors (Lipinski definition) is 3. The first kappa shape index (κ1) is 18.6. The zero-order chi connectivity index (χ0) is 20.3. The minimum absolute atomic E-state index is 0.00863. The maximum atomic E-state index is 13.0. The number of aromatic nitrogens is 2. The molecule has 2 aromatic carbocycles. The van der Waals surface area contributed by atoms with Crippen LogP contribution in [0.3, 0.4) is 0 Å². The smallest absolute Gasteiger partial charge is 0.274 e. The number of hydrogen-bond donors (Lipinski definition) is 0. The number of carbonyl (C=O) groups is 1. The molecule has 0 aliphatic carbocycles. The molecule has 1 aliphatic heterocycles. The number of piperazine rings is 1. The van der Waals surface area contributed by atoms with Gasteiger partial charge in [0, 0.05) is 38.6 Å². The minimum atomic E-state index is 0.00863. The van der Waals surface area contributed by atoms with E-state index < -0.39 is 0 Å². The van der Waals surface area contributed by atoms with Crippen LogP contribution in [0, 0.1) is 0 Å². The van der Waals surface area contributed by atoms with Crippen molar-refractivity contribution in [3.8, 4) is 0 Å². The third-order valence-electron chi connectivity index (χ3n) is 5.78. The van der Waals surface area contributed by atoms with E-state index in [-0.39, 0.29) is 11.9 Å². The van der Waals surface area contributed by atoms with Crippen LogP contribution >= 0.6 is 0 Å². The fourth-order valence-corrected chi connectivity index (χ4v) is 4.27. The summed E-state index contributed by atoms with van der Waals surface area (Å²) in [5.41, 5.74) is 3.87. The molecule has 0 spiro atoms. The Kier molecular flexibility index (Phi) is 5.03. The Hall–Kier alpha value is -3.44. The maximum absolute atomic E-state index is 13.0. The molecule has 5 heteroatoms. The molecule has 0 bridgehead atoms. The molecule has 3 heterocycles. The summed E-state index contributed by atoms with van der Waals surface area (Å²) in [6.45, 7) is 3.05. The van der Waals surface area contributed by atoms with Crippen molar-refractivity contribution in [3.05, 3.63) is 108 Å². The van der Waals surface area contributed by atoms with Crippen molar-refractivity contribution in [1.29, 1.82) is 0 Å². The fourth-order valence-electron chi connectivity index (χ4n) is 4.27. The van der Waals surface area contributed by atoms with Gasteiger partial charge in [0.25, 0.3) is 5.91 Å². The Morgan fingerprint density at radius 1 is 0.767 bits per heavy atom. The van der Waals surface area contributed by atoms with Crippen molar-refractivity contribution in [2.45, 2.75) is 6.04 Å². The second kappa shape index (κ2) is 8.13. The van der Waals surface area contributed by atoms with Gasteiger partial charge in [0.1, 0.15) is 11.3 Å². The van der Waals surface area contributed by atoms with E-state index in [1.165, 1.54) is 11.1 Å². The topological polar surface area (TPSA) is 40.9 Å². The fraction of sp³-hybridized carbons (Fsp3) is 0.200. The second-order valence-corrected chi connectivity index (χ2v) is 7.64.